The largest absolute Gasteiger partial charge is 0.110 e. The highest BCUT2D eigenvalue weighted by molar-refractivity contribution is 14.1. The van der Waals surface area contributed by atoms with Crippen molar-refractivity contribution >= 4 is 26.2 Å². The van der Waals surface area contributed by atoms with E-state index in [4.69, 9.17) is 0 Å². The average molecular weight is 256 g/mol. The molecule has 0 aliphatic heterocycles. The summed E-state index contributed by atoms with van der Waals surface area (Å²) < 4.78 is 1.16. The van der Waals surface area contributed by atoms with Crippen LogP contribution in [-0.4, -0.2) is 0 Å². The van der Waals surface area contributed by atoms with E-state index in [1.807, 2.05) is 31.2 Å². The molecule has 0 heterocycles. The standard InChI is InChI=1S/C10H9I/c1-2-6-10(11)9-7-4-3-5-8-9/h2-5,7-8H,1H3. The molecule has 0 bridgehead atoms. The van der Waals surface area contributed by atoms with Crippen LogP contribution in [0, 0.1) is 0 Å². The maximum Gasteiger partial charge on any atom is 0.0617 e. The number of hydrogen-bond donors (Lipinski definition) is 0. The fourth-order valence-corrected chi connectivity index (χ4v) is 1.47. The first kappa shape index (κ1) is 8.57. The number of hydrogen-bond acceptors (Lipinski definition) is 0. The van der Waals surface area contributed by atoms with Gasteiger partial charge in [0.25, 0.3) is 0 Å². The van der Waals surface area contributed by atoms with Crippen LogP contribution in [0.2, 0.25) is 0 Å². The van der Waals surface area contributed by atoms with E-state index in [0.29, 0.717) is 0 Å². The zero-order chi connectivity index (χ0) is 8.10. The third-order valence-corrected chi connectivity index (χ3v) is 2.23. The topological polar surface area (TPSA) is 0 Å². The van der Waals surface area contributed by atoms with Crippen molar-refractivity contribution in [3.05, 3.63) is 47.7 Å². The molecule has 0 spiro atoms. The molecule has 0 saturated carbocycles. The molecular weight excluding hydrogens is 247 g/mol. The van der Waals surface area contributed by atoms with Gasteiger partial charge >= 0.3 is 0 Å². The summed E-state index contributed by atoms with van der Waals surface area (Å²) in [7, 11) is 0. The molecule has 0 unspecified atom stereocenters. The van der Waals surface area contributed by atoms with Crippen LogP contribution in [0.15, 0.2) is 42.1 Å². The zero-order valence-corrected chi connectivity index (χ0v) is 8.50. The average Bonchev–Trinajstić information content (AvgIpc) is 2.07. The highest BCUT2D eigenvalue weighted by Gasteiger charge is 1.91. The SMILES string of the molecule is CC=C=C(I)c1ccccc1. The van der Waals surface area contributed by atoms with Crippen molar-refractivity contribution in [2.45, 2.75) is 6.92 Å². The van der Waals surface area contributed by atoms with Gasteiger partial charge in [-0.1, -0.05) is 30.3 Å². The minimum Gasteiger partial charge on any atom is -0.110 e. The molecule has 0 amide bonds. The Morgan fingerprint density at radius 1 is 1.36 bits per heavy atom. The molecule has 1 heteroatoms. The smallest absolute Gasteiger partial charge is 0.0617 e. The summed E-state index contributed by atoms with van der Waals surface area (Å²) in [4.78, 5) is 0. The molecule has 1 rings (SSSR count). The van der Waals surface area contributed by atoms with E-state index in [-0.39, 0.29) is 0 Å². The first-order valence-electron chi connectivity index (χ1n) is 3.47. The highest BCUT2D eigenvalue weighted by atomic mass is 127. The number of halogens is 1. The van der Waals surface area contributed by atoms with Gasteiger partial charge in [-0.05, 0) is 41.2 Å². The van der Waals surface area contributed by atoms with Crippen LogP contribution in [0.25, 0.3) is 3.58 Å². The Balaban J connectivity index is 3.04. The molecular formula is C10H9I. The van der Waals surface area contributed by atoms with Gasteiger partial charge in [-0.15, -0.1) is 5.73 Å². The van der Waals surface area contributed by atoms with Crippen LogP contribution < -0.4 is 0 Å². The second-order valence-corrected chi connectivity index (χ2v) is 3.19. The third kappa shape index (κ3) is 2.52. The highest BCUT2D eigenvalue weighted by Crippen LogP contribution is 2.19. The van der Waals surface area contributed by atoms with E-state index in [1.54, 1.807) is 0 Å². The molecule has 0 aromatic heterocycles. The van der Waals surface area contributed by atoms with Crippen LogP contribution in [0.4, 0.5) is 0 Å². The molecule has 1 aromatic rings. The summed E-state index contributed by atoms with van der Waals surface area (Å²) in [6, 6.07) is 10.2. The van der Waals surface area contributed by atoms with Crippen molar-refractivity contribution in [1.82, 2.24) is 0 Å². The second-order valence-electron chi connectivity index (χ2n) is 2.11. The fraction of sp³-hybridized carbons (Fsp3) is 0.100. The number of benzene rings is 1. The summed E-state index contributed by atoms with van der Waals surface area (Å²) in [6.07, 6.45) is 1.93. The molecule has 0 nitrogen and oxygen atoms in total. The first-order valence-corrected chi connectivity index (χ1v) is 4.54. The van der Waals surface area contributed by atoms with Gasteiger partial charge in [0.05, 0.1) is 3.58 Å². The second kappa shape index (κ2) is 4.37. The summed E-state index contributed by atoms with van der Waals surface area (Å²) >= 11 is 2.28. The Labute approximate surface area is 80.8 Å². The number of rotatable bonds is 1. The Morgan fingerprint density at radius 3 is 2.55 bits per heavy atom. The van der Waals surface area contributed by atoms with Crippen LogP contribution in [0.1, 0.15) is 12.5 Å². The predicted molar refractivity (Wildman–Crippen MR) is 57.6 cm³/mol. The van der Waals surface area contributed by atoms with Gasteiger partial charge in [0, 0.05) is 0 Å². The normalized spacial score (nSPS) is 8.55. The molecule has 0 N–H and O–H groups in total. The summed E-state index contributed by atoms with van der Waals surface area (Å²) in [5.74, 6) is 0. The van der Waals surface area contributed by atoms with E-state index in [1.165, 1.54) is 5.56 Å². The Morgan fingerprint density at radius 2 is 2.00 bits per heavy atom. The Bertz CT molecular complexity index is 279. The van der Waals surface area contributed by atoms with Gasteiger partial charge in [-0.3, -0.25) is 0 Å². The van der Waals surface area contributed by atoms with Gasteiger partial charge in [0.15, 0.2) is 0 Å². The van der Waals surface area contributed by atoms with Gasteiger partial charge in [0.2, 0.25) is 0 Å². The molecule has 0 atom stereocenters. The quantitative estimate of drug-likeness (QED) is 0.531. The lowest BCUT2D eigenvalue weighted by atomic mass is 10.2. The van der Waals surface area contributed by atoms with Crippen molar-refractivity contribution in [1.29, 1.82) is 0 Å². The molecule has 0 aliphatic carbocycles. The van der Waals surface area contributed by atoms with Crippen LogP contribution in [-0.2, 0) is 0 Å². The van der Waals surface area contributed by atoms with Crippen molar-refractivity contribution in [2.75, 3.05) is 0 Å². The molecule has 0 aliphatic rings. The monoisotopic (exact) mass is 256 g/mol. The molecule has 0 saturated heterocycles. The van der Waals surface area contributed by atoms with Gasteiger partial charge in [0.1, 0.15) is 0 Å². The Hall–Kier alpha value is -0.530. The molecule has 11 heavy (non-hydrogen) atoms. The van der Waals surface area contributed by atoms with E-state index in [0.717, 1.165) is 3.58 Å². The fourth-order valence-electron chi connectivity index (χ4n) is 0.795. The summed E-state index contributed by atoms with van der Waals surface area (Å²) in [5.41, 5.74) is 4.37. The molecule has 1 aromatic carbocycles. The lowest BCUT2D eigenvalue weighted by molar-refractivity contribution is 1.66. The first-order chi connectivity index (χ1) is 5.34. The minimum absolute atomic E-state index is 1.16. The van der Waals surface area contributed by atoms with Crippen LogP contribution in [0.3, 0.4) is 0 Å². The van der Waals surface area contributed by atoms with Crippen molar-refractivity contribution in [2.24, 2.45) is 0 Å². The molecule has 0 fully saturated rings. The predicted octanol–water partition coefficient (Wildman–Crippen LogP) is 3.64. The van der Waals surface area contributed by atoms with Gasteiger partial charge < -0.3 is 0 Å². The lowest BCUT2D eigenvalue weighted by Crippen LogP contribution is -1.70. The maximum absolute atomic E-state index is 3.14. The van der Waals surface area contributed by atoms with Crippen molar-refractivity contribution < 1.29 is 0 Å². The van der Waals surface area contributed by atoms with Crippen molar-refractivity contribution in [3.63, 3.8) is 0 Å². The van der Waals surface area contributed by atoms with Crippen molar-refractivity contribution in [3.8, 4) is 0 Å². The van der Waals surface area contributed by atoms with Crippen LogP contribution in [0.5, 0.6) is 0 Å². The number of allylic oxidation sites excluding steroid dienone is 1. The molecule has 56 valence electrons. The Kier molecular flexibility index (Phi) is 3.40. The maximum atomic E-state index is 3.14. The van der Waals surface area contributed by atoms with Gasteiger partial charge in [-0.2, -0.15) is 0 Å². The van der Waals surface area contributed by atoms with Crippen LogP contribution >= 0.6 is 22.6 Å². The van der Waals surface area contributed by atoms with Gasteiger partial charge in [-0.25, -0.2) is 0 Å². The van der Waals surface area contributed by atoms with E-state index >= 15 is 0 Å². The van der Waals surface area contributed by atoms with E-state index < -0.39 is 0 Å². The summed E-state index contributed by atoms with van der Waals surface area (Å²) in [5, 5.41) is 0. The summed E-state index contributed by atoms with van der Waals surface area (Å²) in [6.45, 7) is 1.97. The lowest BCUT2D eigenvalue weighted by Gasteiger charge is -1.93. The van der Waals surface area contributed by atoms with E-state index in [9.17, 15) is 0 Å². The third-order valence-electron chi connectivity index (χ3n) is 1.30. The minimum atomic E-state index is 1.16. The van der Waals surface area contributed by atoms with E-state index in [2.05, 4.69) is 40.5 Å². The zero-order valence-electron chi connectivity index (χ0n) is 6.34. The molecule has 0 radical (unpaired) electrons.